The van der Waals surface area contributed by atoms with Crippen LogP contribution >= 0.6 is 0 Å². The summed E-state index contributed by atoms with van der Waals surface area (Å²) in [6.45, 7) is 2.82. The van der Waals surface area contributed by atoms with E-state index < -0.39 is 0 Å². The van der Waals surface area contributed by atoms with E-state index in [9.17, 15) is 0 Å². The van der Waals surface area contributed by atoms with Crippen molar-refractivity contribution in [3.05, 3.63) is 47.9 Å². The van der Waals surface area contributed by atoms with Crippen LogP contribution in [0.5, 0.6) is 11.6 Å². The maximum Gasteiger partial charge on any atom is 0.219 e. The van der Waals surface area contributed by atoms with Crippen molar-refractivity contribution in [2.45, 2.75) is 32.4 Å². The van der Waals surface area contributed by atoms with Crippen molar-refractivity contribution < 1.29 is 4.74 Å². The number of aromatic nitrogens is 2. The molecule has 2 aromatic rings. The number of nitrogens with zero attached hydrogens (tertiary/aromatic N) is 2. The van der Waals surface area contributed by atoms with Crippen molar-refractivity contribution in [2.24, 2.45) is 0 Å². The van der Waals surface area contributed by atoms with Crippen molar-refractivity contribution in [1.82, 2.24) is 15.3 Å². The van der Waals surface area contributed by atoms with Gasteiger partial charge in [-0.15, -0.1) is 0 Å². The highest BCUT2D eigenvalue weighted by Gasteiger charge is 2.19. The Morgan fingerprint density at radius 2 is 2.16 bits per heavy atom. The Morgan fingerprint density at radius 3 is 2.89 bits per heavy atom. The lowest BCUT2D eigenvalue weighted by Crippen LogP contribution is -2.15. The van der Waals surface area contributed by atoms with E-state index in [1.54, 1.807) is 12.4 Å². The van der Waals surface area contributed by atoms with Crippen LogP contribution in [-0.4, -0.2) is 16.0 Å². The molecule has 4 nitrogen and oxygen atoms in total. The largest absolute Gasteiger partial charge is 0.437 e. The highest BCUT2D eigenvalue weighted by atomic mass is 16.5. The second kappa shape index (κ2) is 5.36. The van der Waals surface area contributed by atoms with Gasteiger partial charge in [0, 0.05) is 30.5 Å². The first-order valence-corrected chi connectivity index (χ1v) is 6.58. The van der Waals surface area contributed by atoms with Gasteiger partial charge in [0.2, 0.25) is 5.88 Å². The lowest BCUT2D eigenvalue weighted by molar-refractivity contribution is 0.459. The predicted octanol–water partition coefficient (Wildman–Crippen LogP) is 2.83. The number of pyridine rings is 2. The maximum absolute atomic E-state index is 5.70. The Bertz CT molecular complexity index is 550. The Morgan fingerprint density at radius 1 is 1.26 bits per heavy atom. The molecular weight excluding hydrogens is 238 g/mol. The van der Waals surface area contributed by atoms with E-state index in [1.807, 2.05) is 31.2 Å². The molecule has 3 rings (SSSR count). The Labute approximate surface area is 112 Å². The zero-order valence-electron chi connectivity index (χ0n) is 11.0. The molecule has 1 fully saturated rings. The molecule has 0 spiro atoms. The molecule has 0 unspecified atom stereocenters. The molecular formula is C15H17N3O. The molecule has 1 saturated carbocycles. The average molecular weight is 255 g/mol. The van der Waals surface area contributed by atoms with Crippen molar-refractivity contribution in [1.29, 1.82) is 0 Å². The Hall–Kier alpha value is -1.94. The zero-order chi connectivity index (χ0) is 13.1. The molecule has 0 atom stereocenters. The van der Waals surface area contributed by atoms with Gasteiger partial charge in [0.05, 0.1) is 6.20 Å². The highest BCUT2D eigenvalue weighted by molar-refractivity contribution is 5.27. The third kappa shape index (κ3) is 3.51. The average Bonchev–Trinajstić information content (AvgIpc) is 3.24. The van der Waals surface area contributed by atoms with Crippen LogP contribution in [0.2, 0.25) is 0 Å². The molecule has 4 heteroatoms. The van der Waals surface area contributed by atoms with E-state index in [-0.39, 0.29) is 0 Å². The molecule has 1 aliphatic rings. The van der Waals surface area contributed by atoms with Gasteiger partial charge >= 0.3 is 0 Å². The van der Waals surface area contributed by atoms with Gasteiger partial charge in [-0.05, 0) is 43.5 Å². The fourth-order valence-electron chi connectivity index (χ4n) is 1.80. The number of rotatable bonds is 5. The van der Waals surface area contributed by atoms with E-state index >= 15 is 0 Å². The topological polar surface area (TPSA) is 47.0 Å². The predicted molar refractivity (Wildman–Crippen MR) is 73.1 cm³/mol. The van der Waals surface area contributed by atoms with E-state index in [4.69, 9.17) is 4.74 Å². The normalized spacial score (nSPS) is 14.4. The summed E-state index contributed by atoms with van der Waals surface area (Å²) in [4.78, 5) is 8.42. The molecule has 0 aliphatic heterocycles. The van der Waals surface area contributed by atoms with Gasteiger partial charge in [-0.25, -0.2) is 4.98 Å². The Balaban J connectivity index is 1.66. The number of aryl methyl sites for hydroxylation is 1. The van der Waals surface area contributed by atoms with Crippen molar-refractivity contribution in [3.8, 4) is 11.6 Å². The number of hydrogen-bond acceptors (Lipinski definition) is 4. The first-order valence-electron chi connectivity index (χ1n) is 6.58. The van der Waals surface area contributed by atoms with Crippen LogP contribution < -0.4 is 10.1 Å². The lowest BCUT2D eigenvalue weighted by atomic mass is 10.2. The molecule has 0 bridgehead atoms. The summed E-state index contributed by atoms with van der Waals surface area (Å²) in [7, 11) is 0. The first-order chi connectivity index (χ1) is 9.29. The van der Waals surface area contributed by atoms with Crippen LogP contribution in [0.25, 0.3) is 0 Å². The number of hydrogen-bond donors (Lipinski definition) is 1. The van der Waals surface area contributed by atoms with Gasteiger partial charge in [-0.2, -0.15) is 0 Å². The summed E-state index contributed by atoms with van der Waals surface area (Å²) in [5, 5.41) is 3.48. The minimum absolute atomic E-state index is 0.612. The zero-order valence-corrected chi connectivity index (χ0v) is 11.0. The lowest BCUT2D eigenvalue weighted by Gasteiger charge is -2.07. The van der Waals surface area contributed by atoms with Crippen molar-refractivity contribution in [2.75, 3.05) is 0 Å². The standard InChI is InChI=1S/C15H17N3O/c1-11-2-5-14(10-17-11)19-15-8-12(6-7-16-15)9-18-13-3-4-13/h2,5-8,10,13,18H,3-4,9H2,1H3. The number of nitrogens with one attached hydrogen (secondary N) is 1. The van der Waals surface area contributed by atoms with Gasteiger partial charge in [0.1, 0.15) is 5.75 Å². The minimum Gasteiger partial charge on any atom is -0.437 e. The number of ether oxygens (including phenoxy) is 1. The fraction of sp³-hybridized carbons (Fsp3) is 0.333. The van der Waals surface area contributed by atoms with Crippen molar-refractivity contribution in [3.63, 3.8) is 0 Å². The van der Waals surface area contributed by atoms with Crippen LogP contribution in [0.4, 0.5) is 0 Å². The molecule has 0 aromatic carbocycles. The van der Waals surface area contributed by atoms with Gasteiger partial charge in [-0.1, -0.05) is 0 Å². The Kier molecular flexibility index (Phi) is 3.42. The molecule has 0 radical (unpaired) electrons. The molecule has 19 heavy (non-hydrogen) atoms. The summed E-state index contributed by atoms with van der Waals surface area (Å²) in [5.41, 5.74) is 2.17. The first kappa shape index (κ1) is 12.1. The second-order valence-electron chi connectivity index (χ2n) is 4.89. The summed E-state index contributed by atoms with van der Waals surface area (Å²) in [6.07, 6.45) is 6.08. The molecule has 98 valence electrons. The van der Waals surface area contributed by atoms with E-state index in [0.29, 0.717) is 17.7 Å². The minimum atomic E-state index is 0.612. The quantitative estimate of drug-likeness (QED) is 0.892. The van der Waals surface area contributed by atoms with Crippen LogP contribution in [-0.2, 0) is 6.54 Å². The monoisotopic (exact) mass is 255 g/mol. The summed E-state index contributed by atoms with van der Waals surface area (Å²) in [6, 6.07) is 8.51. The molecule has 0 amide bonds. The van der Waals surface area contributed by atoms with Crippen LogP contribution in [0, 0.1) is 6.92 Å². The maximum atomic E-state index is 5.70. The smallest absolute Gasteiger partial charge is 0.219 e. The SMILES string of the molecule is Cc1ccc(Oc2cc(CNC3CC3)ccn2)cn1. The van der Waals surface area contributed by atoms with Crippen LogP contribution in [0.3, 0.4) is 0 Å². The molecule has 2 aromatic heterocycles. The summed E-state index contributed by atoms with van der Waals surface area (Å²) < 4.78 is 5.70. The van der Waals surface area contributed by atoms with Crippen molar-refractivity contribution >= 4 is 0 Å². The van der Waals surface area contributed by atoms with Gasteiger partial charge in [0.15, 0.2) is 0 Å². The molecule has 2 heterocycles. The highest BCUT2D eigenvalue weighted by Crippen LogP contribution is 2.21. The van der Waals surface area contributed by atoms with Crippen LogP contribution in [0.15, 0.2) is 36.7 Å². The van der Waals surface area contributed by atoms with E-state index in [0.717, 1.165) is 12.2 Å². The third-order valence-corrected chi connectivity index (χ3v) is 3.08. The van der Waals surface area contributed by atoms with Gasteiger partial charge < -0.3 is 10.1 Å². The van der Waals surface area contributed by atoms with Crippen LogP contribution in [0.1, 0.15) is 24.1 Å². The van der Waals surface area contributed by atoms with Gasteiger partial charge in [-0.3, -0.25) is 4.98 Å². The fourth-order valence-corrected chi connectivity index (χ4v) is 1.80. The molecule has 0 saturated heterocycles. The third-order valence-electron chi connectivity index (χ3n) is 3.08. The van der Waals surface area contributed by atoms with Gasteiger partial charge in [0.25, 0.3) is 0 Å². The summed E-state index contributed by atoms with van der Waals surface area (Å²) in [5.74, 6) is 1.33. The molecule has 1 aliphatic carbocycles. The molecule has 1 N–H and O–H groups in total. The van der Waals surface area contributed by atoms with E-state index in [2.05, 4.69) is 15.3 Å². The second-order valence-corrected chi connectivity index (χ2v) is 4.89. The van der Waals surface area contributed by atoms with E-state index in [1.165, 1.54) is 18.4 Å². The summed E-state index contributed by atoms with van der Waals surface area (Å²) >= 11 is 0.